The second-order valence-electron chi connectivity index (χ2n) is 5.47. The fraction of sp³-hybridized carbons (Fsp3) is 0.412. The number of rotatable bonds is 6. The Morgan fingerprint density at radius 1 is 1.15 bits per heavy atom. The summed E-state index contributed by atoms with van der Waals surface area (Å²) in [6.45, 7) is 5.27. The molecule has 1 aromatic carbocycles. The summed E-state index contributed by atoms with van der Waals surface area (Å²) in [5.41, 5.74) is 7.59. The topological polar surface area (TPSA) is 29.3 Å². The van der Waals surface area contributed by atoms with Crippen LogP contribution in [-0.4, -0.2) is 24.5 Å². The van der Waals surface area contributed by atoms with Gasteiger partial charge in [0.15, 0.2) is 0 Å². The lowest BCUT2D eigenvalue weighted by atomic mass is 10.1. The largest absolute Gasteiger partial charge is 0.326 e. The van der Waals surface area contributed by atoms with Gasteiger partial charge in [0.1, 0.15) is 0 Å². The number of nitrogens with zero attached hydrogens (tertiary/aromatic N) is 1. The molecule has 2 atom stereocenters. The van der Waals surface area contributed by atoms with Crippen molar-refractivity contribution in [1.29, 1.82) is 0 Å². The molecule has 108 valence electrons. The van der Waals surface area contributed by atoms with E-state index in [1.807, 2.05) is 11.3 Å². The minimum atomic E-state index is 0.133. The summed E-state index contributed by atoms with van der Waals surface area (Å²) >= 11 is 1.85. The molecule has 20 heavy (non-hydrogen) atoms. The highest BCUT2D eigenvalue weighted by molar-refractivity contribution is 7.12. The zero-order chi connectivity index (χ0) is 14.5. The van der Waals surface area contributed by atoms with E-state index in [0.717, 1.165) is 13.0 Å². The first-order chi connectivity index (χ1) is 9.58. The van der Waals surface area contributed by atoms with Crippen LogP contribution in [0.1, 0.15) is 28.3 Å². The number of hydrogen-bond acceptors (Lipinski definition) is 3. The highest BCUT2D eigenvalue weighted by Crippen LogP contribution is 2.28. The third-order valence-electron chi connectivity index (χ3n) is 3.62. The van der Waals surface area contributed by atoms with Gasteiger partial charge in [-0.05, 0) is 45.0 Å². The van der Waals surface area contributed by atoms with Gasteiger partial charge in [-0.3, -0.25) is 4.90 Å². The lowest BCUT2D eigenvalue weighted by Crippen LogP contribution is -2.37. The summed E-state index contributed by atoms with van der Waals surface area (Å²) in [5.74, 6) is 0. The number of hydrogen-bond donors (Lipinski definition) is 1. The molecule has 0 amide bonds. The summed E-state index contributed by atoms with van der Waals surface area (Å²) in [4.78, 5) is 5.10. The lowest BCUT2D eigenvalue weighted by molar-refractivity contribution is 0.225. The van der Waals surface area contributed by atoms with Crippen molar-refractivity contribution < 1.29 is 0 Å². The van der Waals surface area contributed by atoms with Crippen LogP contribution >= 0.6 is 11.3 Å². The molecule has 1 heterocycles. The molecular weight excluding hydrogens is 264 g/mol. The summed E-state index contributed by atoms with van der Waals surface area (Å²) < 4.78 is 0. The predicted molar refractivity (Wildman–Crippen MR) is 88.2 cm³/mol. The summed E-state index contributed by atoms with van der Waals surface area (Å²) in [6, 6.07) is 15.5. The van der Waals surface area contributed by atoms with Gasteiger partial charge in [-0.15, -0.1) is 11.3 Å². The Morgan fingerprint density at radius 3 is 2.40 bits per heavy atom. The third-order valence-corrected chi connectivity index (χ3v) is 4.69. The summed E-state index contributed by atoms with van der Waals surface area (Å²) in [6.07, 6.45) is 1.06. The molecule has 2 unspecified atom stereocenters. The van der Waals surface area contributed by atoms with E-state index in [0.29, 0.717) is 6.04 Å². The maximum absolute atomic E-state index is 6.21. The molecule has 2 N–H and O–H groups in total. The van der Waals surface area contributed by atoms with E-state index in [9.17, 15) is 0 Å². The third kappa shape index (κ3) is 3.92. The molecule has 0 radical (unpaired) electrons. The van der Waals surface area contributed by atoms with Gasteiger partial charge in [0, 0.05) is 22.3 Å². The average molecular weight is 288 g/mol. The van der Waals surface area contributed by atoms with Crippen molar-refractivity contribution in [2.45, 2.75) is 32.4 Å². The molecular formula is C17H24N2S. The van der Waals surface area contributed by atoms with Crippen LogP contribution in [0.4, 0.5) is 0 Å². The van der Waals surface area contributed by atoms with Crippen molar-refractivity contribution in [3.8, 4) is 0 Å². The molecule has 2 aromatic rings. The first-order valence-corrected chi connectivity index (χ1v) is 7.95. The van der Waals surface area contributed by atoms with Gasteiger partial charge in [-0.1, -0.05) is 30.3 Å². The highest BCUT2D eigenvalue weighted by Gasteiger charge is 2.22. The lowest BCUT2D eigenvalue weighted by Gasteiger charge is -2.30. The van der Waals surface area contributed by atoms with Gasteiger partial charge < -0.3 is 5.73 Å². The number of aryl methyl sites for hydroxylation is 1. The Hall–Kier alpha value is -1.16. The highest BCUT2D eigenvalue weighted by atomic mass is 32.1. The van der Waals surface area contributed by atoms with E-state index in [1.54, 1.807) is 0 Å². The molecule has 0 bridgehead atoms. The number of nitrogens with two attached hydrogens (primary N) is 1. The van der Waals surface area contributed by atoms with Crippen molar-refractivity contribution >= 4 is 11.3 Å². The molecule has 0 fully saturated rings. The predicted octanol–water partition coefficient (Wildman–Crippen LogP) is 3.62. The molecule has 2 nitrogen and oxygen atoms in total. The SMILES string of the molecule is Cc1ccc(C(C(C)N)N(C)CCc2ccccc2)s1. The molecule has 0 saturated carbocycles. The summed E-state index contributed by atoms with van der Waals surface area (Å²) in [5, 5.41) is 0. The van der Waals surface area contributed by atoms with Crippen molar-refractivity contribution in [3.63, 3.8) is 0 Å². The Kier molecular flexibility index (Phi) is 5.35. The molecule has 1 aromatic heterocycles. The standard InChI is InChI=1S/C17H24N2S/c1-13-9-10-16(20-13)17(14(2)18)19(3)12-11-15-7-5-4-6-8-15/h4-10,14,17H,11-12,18H2,1-3H3. The fourth-order valence-electron chi connectivity index (χ4n) is 2.58. The van der Waals surface area contributed by atoms with Crippen LogP contribution in [-0.2, 0) is 6.42 Å². The average Bonchev–Trinajstić information content (AvgIpc) is 2.83. The molecule has 0 aliphatic rings. The molecule has 3 heteroatoms. The number of benzene rings is 1. The van der Waals surface area contributed by atoms with Crippen LogP contribution in [0.3, 0.4) is 0 Å². The molecule has 0 aliphatic heterocycles. The van der Waals surface area contributed by atoms with E-state index < -0.39 is 0 Å². The smallest absolute Gasteiger partial charge is 0.0588 e. The second kappa shape index (κ2) is 7.02. The monoisotopic (exact) mass is 288 g/mol. The Morgan fingerprint density at radius 2 is 1.85 bits per heavy atom. The first-order valence-electron chi connectivity index (χ1n) is 7.14. The zero-order valence-corrected chi connectivity index (χ0v) is 13.4. The van der Waals surface area contributed by atoms with Gasteiger partial charge >= 0.3 is 0 Å². The quantitative estimate of drug-likeness (QED) is 0.879. The normalized spacial score (nSPS) is 14.4. The minimum absolute atomic E-state index is 0.133. The molecule has 0 spiro atoms. The van der Waals surface area contributed by atoms with Crippen molar-refractivity contribution in [1.82, 2.24) is 4.90 Å². The molecule has 0 saturated heterocycles. The maximum atomic E-state index is 6.21. The van der Waals surface area contributed by atoms with Gasteiger partial charge in [0.25, 0.3) is 0 Å². The van der Waals surface area contributed by atoms with Gasteiger partial charge in [-0.2, -0.15) is 0 Å². The van der Waals surface area contributed by atoms with Crippen molar-refractivity contribution in [3.05, 3.63) is 57.8 Å². The van der Waals surface area contributed by atoms with Crippen LogP contribution in [0, 0.1) is 6.92 Å². The van der Waals surface area contributed by atoms with Crippen LogP contribution in [0.15, 0.2) is 42.5 Å². The van der Waals surface area contributed by atoms with Crippen LogP contribution in [0.5, 0.6) is 0 Å². The van der Waals surface area contributed by atoms with E-state index in [1.165, 1.54) is 15.3 Å². The maximum Gasteiger partial charge on any atom is 0.0588 e. The second-order valence-corrected chi connectivity index (χ2v) is 6.79. The fourth-order valence-corrected chi connectivity index (χ4v) is 3.74. The Bertz CT molecular complexity index is 519. The van der Waals surface area contributed by atoms with Crippen LogP contribution in [0.25, 0.3) is 0 Å². The first kappa shape index (κ1) is 15.2. The van der Waals surface area contributed by atoms with Crippen molar-refractivity contribution in [2.75, 3.05) is 13.6 Å². The number of thiophene rings is 1. The van der Waals surface area contributed by atoms with E-state index in [4.69, 9.17) is 5.73 Å². The Labute approximate surface area is 126 Å². The van der Waals surface area contributed by atoms with Gasteiger partial charge in [0.2, 0.25) is 0 Å². The van der Waals surface area contributed by atoms with Crippen LogP contribution < -0.4 is 5.73 Å². The minimum Gasteiger partial charge on any atom is -0.326 e. The van der Waals surface area contributed by atoms with Gasteiger partial charge in [0.05, 0.1) is 6.04 Å². The molecule has 2 rings (SSSR count). The van der Waals surface area contributed by atoms with Crippen molar-refractivity contribution in [2.24, 2.45) is 5.73 Å². The van der Waals surface area contributed by atoms with Gasteiger partial charge in [-0.25, -0.2) is 0 Å². The van der Waals surface area contributed by atoms with E-state index >= 15 is 0 Å². The van der Waals surface area contributed by atoms with E-state index in [-0.39, 0.29) is 6.04 Å². The molecule has 0 aliphatic carbocycles. The van der Waals surface area contributed by atoms with E-state index in [2.05, 4.69) is 68.3 Å². The zero-order valence-electron chi connectivity index (χ0n) is 12.5. The number of likely N-dealkylation sites (N-methyl/N-ethyl adjacent to an activating group) is 1. The Balaban J connectivity index is 2.02. The van der Waals surface area contributed by atoms with Crippen LogP contribution in [0.2, 0.25) is 0 Å². The summed E-state index contributed by atoms with van der Waals surface area (Å²) in [7, 11) is 2.17.